The predicted octanol–water partition coefficient (Wildman–Crippen LogP) is 4.14. The molecule has 0 bridgehead atoms. The van der Waals surface area contributed by atoms with Gasteiger partial charge in [0.25, 0.3) is 0 Å². The second-order valence-corrected chi connectivity index (χ2v) is 4.59. The number of hydrogen-bond donors (Lipinski definition) is 0. The van der Waals surface area contributed by atoms with Gasteiger partial charge in [-0.1, -0.05) is 31.0 Å². The second kappa shape index (κ2) is 5.98. The van der Waals surface area contributed by atoms with Crippen LogP contribution in [0.2, 0.25) is 5.02 Å². The Morgan fingerprint density at radius 1 is 1.53 bits per heavy atom. The van der Waals surface area contributed by atoms with Gasteiger partial charge in [0.1, 0.15) is 5.02 Å². The number of hydrogen-bond acceptors (Lipinski definition) is 3. The minimum atomic E-state index is -0.420. The van der Waals surface area contributed by atoms with E-state index < -0.39 is 4.92 Å². The molecule has 0 aliphatic carbocycles. The van der Waals surface area contributed by atoms with E-state index in [1.54, 1.807) is 18.2 Å². The molecule has 0 aliphatic heterocycles. The minimum absolute atomic E-state index is 0.0280. The third-order valence-corrected chi connectivity index (χ3v) is 3.33. The zero-order valence-corrected chi connectivity index (χ0v) is 9.98. The quantitative estimate of drug-likeness (QED) is 0.339. The lowest BCUT2D eigenvalue weighted by molar-refractivity contribution is -0.387. The maximum Gasteiger partial charge on any atom is 0.301 e. The van der Waals surface area contributed by atoms with Gasteiger partial charge in [0, 0.05) is 0 Å². The third kappa shape index (κ3) is 3.39. The SMILES string of the molecule is CCCCSc1cccc(Cl)c1[N+](=O)[O-]. The van der Waals surface area contributed by atoms with Crippen LogP contribution in [0.25, 0.3) is 0 Å². The first-order valence-electron chi connectivity index (χ1n) is 4.72. The van der Waals surface area contributed by atoms with E-state index in [2.05, 4.69) is 6.92 Å². The Kier molecular flexibility index (Phi) is 4.91. The predicted molar refractivity (Wildman–Crippen MR) is 63.7 cm³/mol. The molecule has 1 rings (SSSR count). The summed E-state index contributed by atoms with van der Waals surface area (Å²) in [5.41, 5.74) is 0.0280. The van der Waals surface area contributed by atoms with Crippen molar-refractivity contribution in [3.63, 3.8) is 0 Å². The molecule has 1 aromatic rings. The van der Waals surface area contributed by atoms with Gasteiger partial charge >= 0.3 is 5.69 Å². The lowest BCUT2D eigenvalue weighted by Gasteiger charge is -2.03. The van der Waals surface area contributed by atoms with Gasteiger partial charge in [-0.2, -0.15) is 0 Å². The standard InChI is InChI=1S/C10H12ClNO2S/c1-2-3-7-15-9-6-4-5-8(11)10(9)12(13)14/h4-6H,2-3,7H2,1H3. The van der Waals surface area contributed by atoms with Gasteiger partial charge in [-0.25, -0.2) is 0 Å². The Balaban J connectivity index is 2.86. The van der Waals surface area contributed by atoms with Gasteiger partial charge in [0.15, 0.2) is 0 Å². The summed E-state index contributed by atoms with van der Waals surface area (Å²) in [5, 5.41) is 11.0. The minimum Gasteiger partial charge on any atom is -0.258 e. The van der Waals surface area contributed by atoms with Crippen LogP contribution in [0.15, 0.2) is 23.1 Å². The fraction of sp³-hybridized carbons (Fsp3) is 0.400. The third-order valence-electron chi connectivity index (χ3n) is 1.89. The largest absolute Gasteiger partial charge is 0.301 e. The molecule has 15 heavy (non-hydrogen) atoms. The number of para-hydroxylation sites is 1. The molecule has 0 fully saturated rings. The summed E-state index contributed by atoms with van der Waals surface area (Å²) in [6.45, 7) is 2.09. The normalized spacial score (nSPS) is 10.3. The number of rotatable bonds is 5. The summed E-state index contributed by atoms with van der Waals surface area (Å²) in [4.78, 5) is 11.0. The monoisotopic (exact) mass is 245 g/mol. The first-order chi connectivity index (χ1) is 7.16. The average molecular weight is 246 g/mol. The first-order valence-corrected chi connectivity index (χ1v) is 6.09. The molecule has 0 saturated carbocycles. The van der Waals surface area contributed by atoms with Crippen molar-refractivity contribution in [2.75, 3.05) is 5.75 Å². The molecule has 0 atom stereocenters. The average Bonchev–Trinajstić information content (AvgIpc) is 2.17. The number of nitro groups is 1. The van der Waals surface area contributed by atoms with Crippen LogP contribution in [-0.4, -0.2) is 10.7 Å². The molecule has 82 valence electrons. The molecule has 0 spiro atoms. The molecule has 3 nitrogen and oxygen atoms in total. The van der Waals surface area contributed by atoms with Crippen molar-refractivity contribution in [1.82, 2.24) is 0 Å². The second-order valence-electron chi connectivity index (χ2n) is 3.05. The van der Waals surface area contributed by atoms with Crippen molar-refractivity contribution in [3.8, 4) is 0 Å². The van der Waals surface area contributed by atoms with E-state index in [4.69, 9.17) is 11.6 Å². The Morgan fingerprint density at radius 2 is 2.27 bits per heavy atom. The van der Waals surface area contributed by atoms with Gasteiger partial charge in [0.05, 0.1) is 9.82 Å². The Bertz CT molecular complexity index is 357. The molecule has 0 amide bonds. The van der Waals surface area contributed by atoms with Crippen molar-refractivity contribution < 1.29 is 4.92 Å². The highest BCUT2D eigenvalue weighted by Crippen LogP contribution is 2.35. The van der Waals surface area contributed by atoms with Crippen LogP contribution in [0.4, 0.5) is 5.69 Å². The molecule has 0 aromatic heterocycles. The number of nitro benzene ring substituents is 1. The molecule has 0 aliphatic rings. The van der Waals surface area contributed by atoms with E-state index in [9.17, 15) is 10.1 Å². The zero-order valence-electron chi connectivity index (χ0n) is 8.40. The fourth-order valence-corrected chi connectivity index (χ4v) is 2.56. The zero-order chi connectivity index (χ0) is 11.3. The summed E-state index contributed by atoms with van der Waals surface area (Å²) >= 11 is 7.27. The molecule has 0 radical (unpaired) electrons. The topological polar surface area (TPSA) is 43.1 Å². The van der Waals surface area contributed by atoms with Gasteiger partial charge < -0.3 is 0 Å². The number of nitrogens with zero attached hydrogens (tertiary/aromatic N) is 1. The first kappa shape index (κ1) is 12.3. The van der Waals surface area contributed by atoms with E-state index in [1.165, 1.54) is 11.8 Å². The molecule has 0 N–H and O–H groups in total. The van der Waals surface area contributed by atoms with Crippen molar-refractivity contribution >= 4 is 29.1 Å². The van der Waals surface area contributed by atoms with Gasteiger partial charge in [0.2, 0.25) is 0 Å². The molecule has 0 unspecified atom stereocenters. The Labute approximate surface area is 98.0 Å². The highest BCUT2D eigenvalue weighted by Gasteiger charge is 2.17. The van der Waals surface area contributed by atoms with Gasteiger partial charge in [-0.15, -0.1) is 11.8 Å². The van der Waals surface area contributed by atoms with E-state index >= 15 is 0 Å². The molecule has 1 aromatic carbocycles. The van der Waals surface area contributed by atoms with Crippen LogP contribution in [0.1, 0.15) is 19.8 Å². The molecule has 5 heteroatoms. The van der Waals surface area contributed by atoms with Crippen LogP contribution < -0.4 is 0 Å². The van der Waals surface area contributed by atoms with Gasteiger partial charge in [-0.05, 0) is 24.3 Å². The maximum absolute atomic E-state index is 10.8. The number of unbranched alkanes of at least 4 members (excludes halogenated alkanes) is 1. The summed E-state index contributed by atoms with van der Waals surface area (Å²) in [6.07, 6.45) is 2.13. The van der Waals surface area contributed by atoms with E-state index in [0.29, 0.717) is 4.90 Å². The van der Waals surface area contributed by atoms with Crippen LogP contribution >= 0.6 is 23.4 Å². The number of thioether (sulfide) groups is 1. The smallest absolute Gasteiger partial charge is 0.258 e. The van der Waals surface area contributed by atoms with Crippen LogP contribution in [0, 0.1) is 10.1 Å². The molecular weight excluding hydrogens is 234 g/mol. The highest BCUT2D eigenvalue weighted by molar-refractivity contribution is 7.99. The lowest BCUT2D eigenvalue weighted by atomic mass is 10.3. The van der Waals surface area contributed by atoms with Crippen molar-refractivity contribution in [1.29, 1.82) is 0 Å². The molecule has 0 saturated heterocycles. The maximum atomic E-state index is 10.8. The van der Waals surface area contributed by atoms with Crippen LogP contribution in [0.5, 0.6) is 0 Å². The summed E-state index contributed by atoms with van der Waals surface area (Å²) < 4.78 is 0. The fourth-order valence-electron chi connectivity index (χ4n) is 1.12. The van der Waals surface area contributed by atoms with Crippen molar-refractivity contribution in [2.45, 2.75) is 24.7 Å². The summed E-state index contributed by atoms with van der Waals surface area (Å²) in [7, 11) is 0. The van der Waals surface area contributed by atoms with Gasteiger partial charge in [-0.3, -0.25) is 10.1 Å². The summed E-state index contributed by atoms with van der Waals surface area (Å²) in [5.74, 6) is 0.887. The molecular formula is C10H12ClNO2S. The van der Waals surface area contributed by atoms with Crippen molar-refractivity contribution in [2.24, 2.45) is 0 Å². The number of benzene rings is 1. The molecule has 0 heterocycles. The Morgan fingerprint density at radius 3 is 2.87 bits per heavy atom. The van der Waals surface area contributed by atoms with E-state index in [0.717, 1.165) is 18.6 Å². The van der Waals surface area contributed by atoms with Crippen LogP contribution in [0.3, 0.4) is 0 Å². The van der Waals surface area contributed by atoms with E-state index in [1.807, 2.05) is 0 Å². The van der Waals surface area contributed by atoms with E-state index in [-0.39, 0.29) is 10.7 Å². The lowest BCUT2D eigenvalue weighted by Crippen LogP contribution is -1.92. The Hall–Kier alpha value is -0.740. The number of halogens is 1. The van der Waals surface area contributed by atoms with Crippen molar-refractivity contribution in [3.05, 3.63) is 33.3 Å². The van der Waals surface area contributed by atoms with Crippen LogP contribution in [-0.2, 0) is 0 Å². The summed E-state index contributed by atoms with van der Waals surface area (Å²) in [6, 6.07) is 5.03. The highest BCUT2D eigenvalue weighted by atomic mass is 35.5.